The molecule has 3 rings (SSSR count). The van der Waals surface area contributed by atoms with Crippen molar-refractivity contribution in [1.82, 2.24) is 4.90 Å². The van der Waals surface area contributed by atoms with Crippen LogP contribution in [0.3, 0.4) is 0 Å². The average molecular weight is 345 g/mol. The zero-order chi connectivity index (χ0) is 16.1. The molecule has 0 saturated heterocycles. The SMILES string of the molecule is O=C(CSCC(=O)N(Cc1cccs1)C1CC1)c1ccccc1. The lowest BCUT2D eigenvalue weighted by Crippen LogP contribution is -2.33. The van der Waals surface area contributed by atoms with E-state index < -0.39 is 0 Å². The second-order valence-electron chi connectivity index (χ2n) is 5.61. The fraction of sp³-hybridized carbons (Fsp3) is 0.333. The zero-order valence-electron chi connectivity index (χ0n) is 12.8. The van der Waals surface area contributed by atoms with Gasteiger partial charge >= 0.3 is 0 Å². The van der Waals surface area contributed by atoms with Gasteiger partial charge in [0.25, 0.3) is 0 Å². The van der Waals surface area contributed by atoms with E-state index in [9.17, 15) is 9.59 Å². The maximum absolute atomic E-state index is 12.5. The van der Waals surface area contributed by atoms with E-state index in [0.29, 0.717) is 29.7 Å². The number of hydrogen-bond donors (Lipinski definition) is 0. The summed E-state index contributed by atoms with van der Waals surface area (Å²) in [5, 5.41) is 2.04. The minimum Gasteiger partial charge on any atom is -0.334 e. The molecule has 0 atom stereocenters. The van der Waals surface area contributed by atoms with Gasteiger partial charge in [-0.3, -0.25) is 9.59 Å². The highest BCUT2D eigenvalue weighted by Gasteiger charge is 2.32. The summed E-state index contributed by atoms with van der Waals surface area (Å²) in [7, 11) is 0. The highest BCUT2D eigenvalue weighted by molar-refractivity contribution is 8.00. The van der Waals surface area contributed by atoms with Crippen LogP contribution in [0.4, 0.5) is 0 Å². The van der Waals surface area contributed by atoms with E-state index in [0.717, 1.165) is 12.8 Å². The fourth-order valence-electron chi connectivity index (χ4n) is 2.40. The minimum absolute atomic E-state index is 0.0830. The number of thiophene rings is 1. The number of benzene rings is 1. The van der Waals surface area contributed by atoms with Crippen molar-refractivity contribution in [3.8, 4) is 0 Å². The topological polar surface area (TPSA) is 37.4 Å². The summed E-state index contributed by atoms with van der Waals surface area (Å²) in [5.41, 5.74) is 0.713. The smallest absolute Gasteiger partial charge is 0.233 e. The van der Waals surface area contributed by atoms with E-state index in [1.165, 1.54) is 16.6 Å². The predicted molar refractivity (Wildman–Crippen MR) is 96.0 cm³/mol. The molecule has 0 aliphatic heterocycles. The Hall–Kier alpha value is -1.59. The van der Waals surface area contributed by atoms with Crippen LogP contribution in [-0.2, 0) is 11.3 Å². The zero-order valence-corrected chi connectivity index (χ0v) is 14.4. The van der Waals surface area contributed by atoms with Crippen molar-refractivity contribution in [2.75, 3.05) is 11.5 Å². The van der Waals surface area contributed by atoms with Gasteiger partial charge in [0.05, 0.1) is 18.1 Å². The van der Waals surface area contributed by atoms with Crippen LogP contribution in [0.25, 0.3) is 0 Å². The quantitative estimate of drug-likeness (QED) is 0.682. The number of rotatable bonds is 8. The predicted octanol–water partition coefficient (Wildman–Crippen LogP) is 3.86. The molecule has 1 aliphatic rings. The van der Waals surface area contributed by atoms with Crippen molar-refractivity contribution >= 4 is 34.8 Å². The summed E-state index contributed by atoms with van der Waals surface area (Å²) in [4.78, 5) is 27.7. The number of ketones is 1. The van der Waals surface area contributed by atoms with Crippen molar-refractivity contribution in [1.29, 1.82) is 0 Å². The summed E-state index contributed by atoms with van der Waals surface area (Å²) in [5.74, 6) is 0.958. The molecule has 120 valence electrons. The summed E-state index contributed by atoms with van der Waals surface area (Å²) in [6.45, 7) is 0.703. The Balaban J connectivity index is 1.48. The van der Waals surface area contributed by atoms with Crippen LogP contribution in [-0.4, -0.2) is 34.1 Å². The molecule has 0 spiro atoms. The number of nitrogens with zero attached hydrogens (tertiary/aromatic N) is 1. The van der Waals surface area contributed by atoms with Crippen LogP contribution < -0.4 is 0 Å². The number of carbonyl (C=O) groups excluding carboxylic acids is 2. The van der Waals surface area contributed by atoms with Gasteiger partial charge in [0.15, 0.2) is 5.78 Å². The molecule has 0 unspecified atom stereocenters. The van der Waals surface area contributed by atoms with Gasteiger partial charge in [0.2, 0.25) is 5.91 Å². The largest absolute Gasteiger partial charge is 0.334 e. The Kier molecular flexibility index (Phi) is 5.51. The lowest BCUT2D eigenvalue weighted by atomic mass is 10.2. The van der Waals surface area contributed by atoms with Crippen molar-refractivity contribution in [3.63, 3.8) is 0 Å². The molecule has 1 amide bonds. The molecule has 0 radical (unpaired) electrons. The third-order valence-electron chi connectivity index (χ3n) is 3.77. The van der Waals surface area contributed by atoms with Crippen LogP contribution in [0.5, 0.6) is 0 Å². The number of thioether (sulfide) groups is 1. The monoisotopic (exact) mass is 345 g/mol. The van der Waals surface area contributed by atoms with Crippen LogP contribution >= 0.6 is 23.1 Å². The second-order valence-corrected chi connectivity index (χ2v) is 7.63. The molecule has 1 fully saturated rings. The summed E-state index contributed by atoms with van der Waals surface area (Å²) < 4.78 is 0. The molecule has 1 aromatic carbocycles. The highest BCUT2D eigenvalue weighted by Crippen LogP contribution is 2.29. The molecule has 1 aliphatic carbocycles. The molecule has 2 aromatic rings. The molecule has 1 saturated carbocycles. The fourth-order valence-corrected chi connectivity index (χ4v) is 3.90. The van der Waals surface area contributed by atoms with Gasteiger partial charge in [-0.25, -0.2) is 0 Å². The number of Topliss-reactive ketones (excluding diaryl/α,β-unsaturated/α-hetero) is 1. The maximum atomic E-state index is 12.5. The Labute approximate surface area is 144 Å². The average Bonchev–Trinajstić information content (AvgIpc) is 3.29. The molecule has 5 heteroatoms. The third kappa shape index (κ3) is 4.69. The Bertz CT molecular complexity index is 651. The number of amides is 1. The third-order valence-corrected chi connectivity index (χ3v) is 5.55. The van der Waals surface area contributed by atoms with Gasteiger partial charge in [-0.1, -0.05) is 36.4 Å². The van der Waals surface area contributed by atoms with Crippen molar-refractivity contribution in [2.24, 2.45) is 0 Å². The molecule has 23 heavy (non-hydrogen) atoms. The van der Waals surface area contributed by atoms with Crippen molar-refractivity contribution < 1.29 is 9.59 Å². The first-order chi connectivity index (χ1) is 11.2. The standard InChI is InChI=1S/C18H19NO2S2/c20-17(14-5-2-1-3-6-14)12-22-13-18(21)19(15-8-9-15)11-16-7-4-10-23-16/h1-7,10,15H,8-9,11-13H2. The van der Waals surface area contributed by atoms with Crippen LogP contribution in [0.2, 0.25) is 0 Å². The highest BCUT2D eigenvalue weighted by atomic mass is 32.2. The Morgan fingerprint density at radius 1 is 1.09 bits per heavy atom. The summed E-state index contributed by atoms with van der Waals surface area (Å²) in [6.07, 6.45) is 2.20. The summed E-state index contributed by atoms with van der Waals surface area (Å²) >= 11 is 3.10. The van der Waals surface area contributed by atoms with E-state index in [2.05, 4.69) is 6.07 Å². The van der Waals surface area contributed by atoms with Gasteiger partial charge in [0.1, 0.15) is 0 Å². The van der Waals surface area contributed by atoms with E-state index in [4.69, 9.17) is 0 Å². The number of hydrogen-bond acceptors (Lipinski definition) is 4. The van der Waals surface area contributed by atoms with Crippen LogP contribution in [0.15, 0.2) is 47.8 Å². The first-order valence-electron chi connectivity index (χ1n) is 7.72. The maximum Gasteiger partial charge on any atom is 0.233 e. The van der Waals surface area contributed by atoms with Gasteiger partial charge in [-0.05, 0) is 24.3 Å². The molecular formula is C18H19NO2S2. The van der Waals surface area contributed by atoms with E-state index in [-0.39, 0.29) is 11.7 Å². The lowest BCUT2D eigenvalue weighted by Gasteiger charge is -2.21. The normalized spacial score (nSPS) is 13.7. The van der Waals surface area contributed by atoms with E-state index >= 15 is 0 Å². The van der Waals surface area contributed by atoms with Gasteiger partial charge in [-0.2, -0.15) is 0 Å². The van der Waals surface area contributed by atoms with Crippen LogP contribution in [0, 0.1) is 0 Å². The molecule has 0 N–H and O–H groups in total. The second kappa shape index (κ2) is 7.79. The molecule has 1 aromatic heterocycles. The van der Waals surface area contributed by atoms with E-state index in [1.54, 1.807) is 11.3 Å². The lowest BCUT2D eigenvalue weighted by molar-refractivity contribution is -0.129. The minimum atomic E-state index is 0.0830. The Morgan fingerprint density at radius 2 is 1.87 bits per heavy atom. The van der Waals surface area contributed by atoms with Crippen molar-refractivity contribution in [2.45, 2.75) is 25.4 Å². The summed E-state index contributed by atoms with van der Waals surface area (Å²) in [6, 6.07) is 13.7. The van der Waals surface area contributed by atoms with Crippen molar-refractivity contribution in [3.05, 3.63) is 58.3 Å². The number of carbonyl (C=O) groups is 2. The molecular weight excluding hydrogens is 326 g/mol. The molecule has 0 bridgehead atoms. The first-order valence-corrected chi connectivity index (χ1v) is 9.75. The van der Waals surface area contributed by atoms with Crippen LogP contribution in [0.1, 0.15) is 28.1 Å². The first kappa shape index (κ1) is 16.3. The molecule has 3 nitrogen and oxygen atoms in total. The molecule has 1 heterocycles. The Morgan fingerprint density at radius 3 is 2.52 bits per heavy atom. The van der Waals surface area contributed by atoms with Gasteiger partial charge in [-0.15, -0.1) is 23.1 Å². The van der Waals surface area contributed by atoms with Gasteiger partial charge in [0, 0.05) is 16.5 Å². The van der Waals surface area contributed by atoms with Gasteiger partial charge < -0.3 is 4.90 Å². The van der Waals surface area contributed by atoms with E-state index in [1.807, 2.05) is 46.7 Å².